The number of nitrogens with one attached hydrogen (secondary N) is 1. The van der Waals surface area contributed by atoms with Gasteiger partial charge in [0.1, 0.15) is 5.54 Å². The molecule has 0 radical (unpaired) electrons. The van der Waals surface area contributed by atoms with E-state index in [0.29, 0.717) is 12.8 Å². The van der Waals surface area contributed by atoms with Crippen LogP contribution in [0.25, 0.3) is 0 Å². The summed E-state index contributed by atoms with van der Waals surface area (Å²) in [6.07, 6.45) is 5.41. The Balaban J connectivity index is 2.75. The molecule has 4 nitrogen and oxygen atoms in total. The van der Waals surface area contributed by atoms with Gasteiger partial charge in [0, 0.05) is 0 Å². The van der Waals surface area contributed by atoms with E-state index in [9.17, 15) is 9.59 Å². The number of primary amides is 1. The van der Waals surface area contributed by atoms with Crippen molar-refractivity contribution >= 4 is 11.8 Å². The SMILES string of the molecule is C=CC(=O)NC1(C(N)=O)CCCCC1. The van der Waals surface area contributed by atoms with Crippen LogP contribution >= 0.6 is 0 Å². The highest BCUT2D eigenvalue weighted by atomic mass is 16.2. The van der Waals surface area contributed by atoms with E-state index >= 15 is 0 Å². The normalized spacial score (nSPS) is 19.7. The minimum absolute atomic E-state index is 0.328. The van der Waals surface area contributed by atoms with Crippen molar-refractivity contribution in [1.29, 1.82) is 0 Å². The Labute approximate surface area is 83.5 Å². The smallest absolute Gasteiger partial charge is 0.244 e. The van der Waals surface area contributed by atoms with E-state index in [1.54, 1.807) is 0 Å². The maximum Gasteiger partial charge on any atom is 0.244 e. The average molecular weight is 196 g/mol. The zero-order valence-electron chi connectivity index (χ0n) is 8.21. The lowest BCUT2D eigenvalue weighted by Gasteiger charge is -2.34. The van der Waals surface area contributed by atoms with Crippen molar-refractivity contribution in [2.45, 2.75) is 37.6 Å². The van der Waals surface area contributed by atoms with Gasteiger partial charge in [0.25, 0.3) is 0 Å². The Morgan fingerprint density at radius 1 is 1.29 bits per heavy atom. The summed E-state index contributed by atoms with van der Waals surface area (Å²) in [5.74, 6) is -0.766. The number of hydrogen-bond acceptors (Lipinski definition) is 2. The molecule has 14 heavy (non-hydrogen) atoms. The van der Waals surface area contributed by atoms with Crippen LogP contribution in [-0.2, 0) is 9.59 Å². The molecule has 0 aliphatic heterocycles. The first kappa shape index (κ1) is 10.8. The minimum Gasteiger partial charge on any atom is -0.368 e. The molecule has 0 aromatic carbocycles. The lowest BCUT2D eigenvalue weighted by molar-refractivity contribution is -0.130. The van der Waals surface area contributed by atoms with Gasteiger partial charge in [-0.25, -0.2) is 0 Å². The fourth-order valence-corrected chi connectivity index (χ4v) is 1.88. The van der Waals surface area contributed by atoms with E-state index in [1.165, 1.54) is 6.08 Å². The summed E-state index contributed by atoms with van der Waals surface area (Å²) >= 11 is 0. The molecule has 2 amide bonds. The number of nitrogens with two attached hydrogens (primary N) is 1. The summed E-state index contributed by atoms with van der Waals surface area (Å²) in [5.41, 5.74) is 4.49. The largest absolute Gasteiger partial charge is 0.368 e. The molecule has 0 spiro atoms. The van der Waals surface area contributed by atoms with Gasteiger partial charge < -0.3 is 11.1 Å². The predicted octanol–water partition coefficient (Wildman–Crippen LogP) is 0.477. The van der Waals surface area contributed by atoms with E-state index in [4.69, 9.17) is 5.73 Å². The Morgan fingerprint density at radius 2 is 1.86 bits per heavy atom. The molecule has 3 N–H and O–H groups in total. The zero-order chi connectivity index (χ0) is 10.6. The van der Waals surface area contributed by atoms with Gasteiger partial charge in [0.15, 0.2) is 0 Å². The predicted molar refractivity (Wildman–Crippen MR) is 53.4 cm³/mol. The molecule has 0 atom stereocenters. The van der Waals surface area contributed by atoms with E-state index in [2.05, 4.69) is 11.9 Å². The number of amides is 2. The third kappa shape index (κ3) is 2.13. The first-order valence-corrected chi connectivity index (χ1v) is 4.85. The topological polar surface area (TPSA) is 72.2 Å². The van der Waals surface area contributed by atoms with Crippen molar-refractivity contribution in [2.24, 2.45) is 5.73 Å². The second-order valence-corrected chi connectivity index (χ2v) is 3.70. The molecule has 1 rings (SSSR count). The molecule has 0 saturated heterocycles. The molecule has 0 aromatic heterocycles. The lowest BCUT2D eigenvalue weighted by Crippen LogP contribution is -2.58. The van der Waals surface area contributed by atoms with E-state index in [-0.39, 0.29) is 5.91 Å². The maximum atomic E-state index is 11.3. The molecular weight excluding hydrogens is 180 g/mol. The molecule has 1 fully saturated rings. The molecule has 1 aliphatic rings. The van der Waals surface area contributed by atoms with Gasteiger partial charge in [-0.1, -0.05) is 25.8 Å². The van der Waals surface area contributed by atoms with Crippen LogP contribution in [0.4, 0.5) is 0 Å². The van der Waals surface area contributed by atoms with Crippen LogP contribution in [0.5, 0.6) is 0 Å². The van der Waals surface area contributed by atoms with Gasteiger partial charge in [0.2, 0.25) is 11.8 Å². The van der Waals surface area contributed by atoms with Crippen LogP contribution < -0.4 is 11.1 Å². The number of carbonyl (C=O) groups excluding carboxylic acids is 2. The second-order valence-electron chi connectivity index (χ2n) is 3.70. The summed E-state index contributed by atoms with van der Waals surface area (Å²) in [5, 5.41) is 2.65. The summed E-state index contributed by atoms with van der Waals surface area (Å²) in [6, 6.07) is 0. The molecule has 0 heterocycles. The monoisotopic (exact) mass is 196 g/mol. The summed E-state index contributed by atoms with van der Waals surface area (Å²) in [4.78, 5) is 22.5. The summed E-state index contributed by atoms with van der Waals surface area (Å²) in [6.45, 7) is 3.35. The lowest BCUT2D eigenvalue weighted by atomic mass is 9.81. The third-order valence-corrected chi connectivity index (χ3v) is 2.73. The highest BCUT2D eigenvalue weighted by Gasteiger charge is 2.38. The Morgan fingerprint density at radius 3 is 2.29 bits per heavy atom. The molecule has 4 heteroatoms. The Kier molecular flexibility index (Phi) is 3.28. The molecule has 78 valence electrons. The maximum absolute atomic E-state index is 11.3. The highest BCUT2D eigenvalue weighted by molar-refractivity contribution is 5.94. The number of hydrogen-bond donors (Lipinski definition) is 2. The molecule has 1 aliphatic carbocycles. The molecule has 0 aromatic rings. The van der Waals surface area contributed by atoms with Crippen molar-refractivity contribution in [1.82, 2.24) is 5.32 Å². The van der Waals surface area contributed by atoms with Crippen LogP contribution in [0.15, 0.2) is 12.7 Å². The highest BCUT2D eigenvalue weighted by Crippen LogP contribution is 2.27. The second kappa shape index (κ2) is 4.26. The molecule has 1 saturated carbocycles. The quantitative estimate of drug-likeness (QED) is 0.644. The van der Waals surface area contributed by atoms with Gasteiger partial charge in [-0.15, -0.1) is 0 Å². The van der Waals surface area contributed by atoms with Gasteiger partial charge in [0.05, 0.1) is 0 Å². The fourth-order valence-electron chi connectivity index (χ4n) is 1.88. The van der Waals surface area contributed by atoms with Crippen LogP contribution in [0.1, 0.15) is 32.1 Å². The average Bonchev–Trinajstić information content (AvgIpc) is 2.19. The molecular formula is C10H16N2O2. The Hall–Kier alpha value is -1.32. The van der Waals surface area contributed by atoms with Gasteiger partial charge >= 0.3 is 0 Å². The summed E-state index contributed by atoms with van der Waals surface area (Å²) < 4.78 is 0. The number of carbonyl (C=O) groups is 2. The Bertz CT molecular complexity index is 255. The zero-order valence-corrected chi connectivity index (χ0v) is 8.21. The van der Waals surface area contributed by atoms with Crippen LogP contribution in [0.3, 0.4) is 0 Å². The van der Waals surface area contributed by atoms with Crippen molar-refractivity contribution in [3.63, 3.8) is 0 Å². The number of rotatable bonds is 3. The first-order chi connectivity index (χ1) is 6.60. The van der Waals surface area contributed by atoms with Crippen molar-refractivity contribution in [3.8, 4) is 0 Å². The van der Waals surface area contributed by atoms with E-state index < -0.39 is 11.4 Å². The van der Waals surface area contributed by atoms with Gasteiger partial charge in [-0.05, 0) is 18.9 Å². The third-order valence-electron chi connectivity index (χ3n) is 2.73. The van der Waals surface area contributed by atoms with Gasteiger partial charge in [-0.2, -0.15) is 0 Å². The van der Waals surface area contributed by atoms with E-state index in [0.717, 1.165) is 19.3 Å². The van der Waals surface area contributed by atoms with Crippen LogP contribution in [0, 0.1) is 0 Å². The van der Waals surface area contributed by atoms with Crippen molar-refractivity contribution < 1.29 is 9.59 Å². The minimum atomic E-state index is -0.830. The van der Waals surface area contributed by atoms with E-state index in [1.807, 2.05) is 0 Å². The molecule has 0 unspecified atom stereocenters. The summed E-state index contributed by atoms with van der Waals surface area (Å²) in [7, 11) is 0. The van der Waals surface area contributed by atoms with Crippen LogP contribution in [-0.4, -0.2) is 17.4 Å². The van der Waals surface area contributed by atoms with Crippen molar-refractivity contribution in [2.75, 3.05) is 0 Å². The van der Waals surface area contributed by atoms with Crippen LogP contribution in [0.2, 0.25) is 0 Å². The van der Waals surface area contributed by atoms with Gasteiger partial charge in [-0.3, -0.25) is 9.59 Å². The molecule has 0 bridgehead atoms. The standard InChI is InChI=1S/C10H16N2O2/c1-2-8(13)12-10(9(11)14)6-4-3-5-7-10/h2H,1,3-7H2,(H2,11,14)(H,12,13). The first-order valence-electron chi connectivity index (χ1n) is 4.85. The fraction of sp³-hybridized carbons (Fsp3) is 0.600. The van der Waals surface area contributed by atoms with Crippen molar-refractivity contribution in [3.05, 3.63) is 12.7 Å².